The fourth-order valence-electron chi connectivity index (χ4n) is 3.56. The largest absolute Gasteiger partial charge is 0.454 e. The molecule has 0 amide bonds. The minimum absolute atomic E-state index is 0.299. The van der Waals surface area contributed by atoms with Crippen molar-refractivity contribution >= 4 is 17.3 Å². The quantitative estimate of drug-likeness (QED) is 0.799. The highest BCUT2D eigenvalue weighted by atomic mass is 32.1. The van der Waals surface area contributed by atoms with Crippen LogP contribution in [0.5, 0.6) is 11.5 Å². The van der Waals surface area contributed by atoms with Crippen LogP contribution in [-0.4, -0.2) is 43.5 Å². The number of thiocarbonyl (C=S) groups is 1. The maximum absolute atomic E-state index is 5.74. The molecule has 1 saturated heterocycles. The number of hydrogen-bond donors (Lipinski definition) is 2. The SMILES string of the molecule is C[NH+]1CCN(C(=S)NCc2ccc3c(c2)OCO3)[C@@H](c2ccccc2)C1. The van der Waals surface area contributed by atoms with Gasteiger partial charge in [-0.1, -0.05) is 36.4 Å². The molecule has 6 heteroatoms. The van der Waals surface area contributed by atoms with Crippen LogP contribution in [0.2, 0.25) is 0 Å². The maximum Gasteiger partial charge on any atom is 0.231 e. The van der Waals surface area contributed by atoms with Crippen LogP contribution in [0.25, 0.3) is 0 Å². The summed E-state index contributed by atoms with van der Waals surface area (Å²) >= 11 is 5.74. The van der Waals surface area contributed by atoms with Gasteiger partial charge < -0.3 is 24.6 Å². The minimum atomic E-state index is 0.299. The van der Waals surface area contributed by atoms with Gasteiger partial charge in [0.15, 0.2) is 16.6 Å². The van der Waals surface area contributed by atoms with E-state index in [1.165, 1.54) is 10.5 Å². The van der Waals surface area contributed by atoms with Gasteiger partial charge in [0.2, 0.25) is 6.79 Å². The van der Waals surface area contributed by atoms with Crippen molar-refractivity contribution in [1.82, 2.24) is 10.2 Å². The molecular weight excluding hydrogens is 346 g/mol. The summed E-state index contributed by atoms with van der Waals surface area (Å²) in [6.45, 7) is 4.08. The topological polar surface area (TPSA) is 38.2 Å². The number of ether oxygens (including phenoxy) is 2. The number of nitrogens with zero attached hydrogens (tertiary/aromatic N) is 1. The van der Waals surface area contributed by atoms with Gasteiger partial charge in [-0.3, -0.25) is 0 Å². The van der Waals surface area contributed by atoms with E-state index < -0.39 is 0 Å². The van der Waals surface area contributed by atoms with E-state index in [0.29, 0.717) is 19.4 Å². The highest BCUT2D eigenvalue weighted by Crippen LogP contribution is 2.32. The van der Waals surface area contributed by atoms with Crippen LogP contribution in [-0.2, 0) is 6.54 Å². The summed E-state index contributed by atoms with van der Waals surface area (Å²) in [6.07, 6.45) is 0. The van der Waals surface area contributed by atoms with E-state index in [9.17, 15) is 0 Å². The van der Waals surface area contributed by atoms with Crippen LogP contribution in [0.3, 0.4) is 0 Å². The molecule has 26 heavy (non-hydrogen) atoms. The third-order valence-electron chi connectivity index (χ3n) is 5.02. The second-order valence-electron chi connectivity index (χ2n) is 6.88. The zero-order chi connectivity index (χ0) is 17.9. The van der Waals surface area contributed by atoms with Crippen LogP contribution < -0.4 is 19.7 Å². The van der Waals surface area contributed by atoms with E-state index in [1.807, 2.05) is 18.2 Å². The molecule has 2 aliphatic rings. The molecule has 2 atom stereocenters. The number of benzene rings is 2. The second-order valence-corrected chi connectivity index (χ2v) is 7.26. The van der Waals surface area contributed by atoms with Gasteiger partial charge in [-0.25, -0.2) is 0 Å². The van der Waals surface area contributed by atoms with Crippen LogP contribution in [0.4, 0.5) is 0 Å². The Labute approximate surface area is 159 Å². The zero-order valence-electron chi connectivity index (χ0n) is 14.9. The van der Waals surface area contributed by atoms with E-state index in [1.54, 1.807) is 0 Å². The molecule has 2 N–H and O–H groups in total. The third kappa shape index (κ3) is 3.61. The molecule has 5 nitrogen and oxygen atoms in total. The summed E-state index contributed by atoms with van der Waals surface area (Å²) in [4.78, 5) is 3.86. The number of likely N-dealkylation sites (N-methyl/N-ethyl adjacent to an activating group) is 1. The summed E-state index contributed by atoms with van der Waals surface area (Å²) < 4.78 is 10.8. The first-order valence-corrected chi connectivity index (χ1v) is 9.41. The number of rotatable bonds is 3. The fourth-order valence-corrected chi connectivity index (χ4v) is 3.85. The first-order valence-electron chi connectivity index (χ1n) is 9.00. The number of piperazine rings is 1. The normalized spacial score (nSPS) is 21.5. The summed E-state index contributed by atoms with van der Waals surface area (Å²) in [6, 6.07) is 17.0. The van der Waals surface area contributed by atoms with E-state index in [-0.39, 0.29) is 0 Å². The lowest BCUT2D eigenvalue weighted by molar-refractivity contribution is -0.887. The van der Waals surface area contributed by atoms with E-state index in [4.69, 9.17) is 21.7 Å². The molecular formula is C20H24N3O2S+. The molecule has 0 aromatic heterocycles. The molecule has 2 heterocycles. The van der Waals surface area contributed by atoms with Crippen molar-refractivity contribution in [3.63, 3.8) is 0 Å². The minimum Gasteiger partial charge on any atom is -0.454 e. The Kier molecular flexibility index (Phi) is 4.95. The van der Waals surface area contributed by atoms with Crippen molar-refractivity contribution in [3.8, 4) is 11.5 Å². The molecule has 0 aliphatic carbocycles. The molecule has 2 aromatic rings. The van der Waals surface area contributed by atoms with Crippen LogP contribution in [0, 0.1) is 0 Å². The number of hydrogen-bond acceptors (Lipinski definition) is 3. The molecule has 0 bridgehead atoms. The van der Waals surface area contributed by atoms with Crippen molar-refractivity contribution < 1.29 is 14.4 Å². The van der Waals surface area contributed by atoms with Gasteiger partial charge in [0.05, 0.1) is 20.1 Å². The highest BCUT2D eigenvalue weighted by Gasteiger charge is 2.30. The lowest BCUT2D eigenvalue weighted by Crippen LogP contribution is -3.12. The van der Waals surface area contributed by atoms with E-state index >= 15 is 0 Å². The predicted octanol–water partition coefficient (Wildman–Crippen LogP) is 1.36. The number of nitrogens with one attached hydrogen (secondary N) is 2. The molecule has 2 aliphatic heterocycles. The second kappa shape index (κ2) is 7.51. The maximum atomic E-state index is 5.74. The van der Waals surface area contributed by atoms with Gasteiger partial charge >= 0.3 is 0 Å². The van der Waals surface area contributed by atoms with E-state index in [0.717, 1.165) is 41.8 Å². The van der Waals surface area contributed by atoms with E-state index in [2.05, 4.69) is 47.6 Å². The smallest absolute Gasteiger partial charge is 0.231 e. The Bertz CT molecular complexity index is 784. The van der Waals surface area contributed by atoms with Crippen molar-refractivity contribution in [3.05, 3.63) is 59.7 Å². The summed E-state index contributed by atoms with van der Waals surface area (Å²) in [5, 5.41) is 4.24. The lowest BCUT2D eigenvalue weighted by Gasteiger charge is -2.39. The molecule has 4 rings (SSSR count). The monoisotopic (exact) mass is 370 g/mol. The number of fused-ring (bicyclic) bond motifs is 1. The van der Waals surface area contributed by atoms with Crippen LogP contribution in [0.15, 0.2) is 48.5 Å². The first kappa shape index (κ1) is 17.1. The lowest BCUT2D eigenvalue weighted by atomic mass is 10.0. The molecule has 136 valence electrons. The van der Waals surface area contributed by atoms with Gasteiger partial charge in [0.1, 0.15) is 12.6 Å². The molecule has 0 saturated carbocycles. The van der Waals surface area contributed by atoms with Gasteiger partial charge in [-0.05, 0) is 35.5 Å². The Morgan fingerprint density at radius 1 is 1.19 bits per heavy atom. The van der Waals surface area contributed by atoms with Crippen molar-refractivity contribution in [2.45, 2.75) is 12.6 Å². The molecule has 2 aromatic carbocycles. The molecule has 1 unspecified atom stereocenters. The standard InChI is InChI=1S/C20H23N3O2S/c1-22-9-10-23(17(13-22)16-5-3-2-4-6-16)20(26)21-12-15-7-8-18-19(11-15)25-14-24-18/h2-8,11,17H,9-10,12-14H2,1H3,(H,21,26)/p+1/t17-/m1/s1. The fraction of sp³-hybridized carbons (Fsp3) is 0.350. The third-order valence-corrected chi connectivity index (χ3v) is 5.40. The van der Waals surface area contributed by atoms with Crippen LogP contribution in [0.1, 0.15) is 17.2 Å². The Hall–Kier alpha value is -2.31. The predicted molar refractivity (Wildman–Crippen MR) is 105 cm³/mol. The summed E-state index contributed by atoms with van der Waals surface area (Å²) in [5.41, 5.74) is 2.45. The van der Waals surface area contributed by atoms with Gasteiger partial charge in [-0.2, -0.15) is 0 Å². The van der Waals surface area contributed by atoms with Crippen LogP contribution >= 0.6 is 12.2 Å². The van der Waals surface area contributed by atoms with Gasteiger partial charge in [0.25, 0.3) is 0 Å². The summed E-state index contributed by atoms with van der Waals surface area (Å²) in [5.74, 6) is 1.61. The molecule has 1 fully saturated rings. The first-order chi connectivity index (χ1) is 12.7. The van der Waals surface area contributed by atoms with Gasteiger partial charge in [-0.15, -0.1) is 0 Å². The molecule has 0 spiro atoms. The Morgan fingerprint density at radius 2 is 2.00 bits per heavy atom. The average molecular weight is 370 g/mol. The van der Waals surface area contributed by atoms with Crippen molar-refractivity contribution in [2.24, 2.45) is 0 Å². The van der Waals surface area contributed by atoms with Crippen molar-refractivity contribution in [2.75, 3.05) is 33.5 Å². The summed E-state index contributed by atoms with van der Waals surface area (Å²) in [7, 11) is 2.25. The average Bonchev–Trinajstić information content (AvgIpc) is 3.14. The van der Waals surface area contributed by atoms with Gasteiger partial charge in [0, 0.05) is 6.54 Å². The Balaban J connectivity index is 1.44. The van der Waals surface area contributed by atoms with Crippen molar-refractivity contribution in [1.29, 1.82) is 0 Å². The highest BCUT2D eigenvalue weighted by molar-refractivity contribution is 7.80. The number of quaternary nitrogens is 1. The zero-order valence-corrected chi connectivity index (χ0v) is 15.7. The molecule has 0 radical (unpaired) electrons. The Morgan fingerprint density at radius 3 is 2.85 bits per heavy atom.